The number of rotatable bonds is 2. The highest BCUT2D eigenvalue weighted by molar-refractivity contribution is 5.95. The van der Waals surface area contributed by atoms with Gasteiger partial charge in [0.05, 0.1) is 11.7 Å². The normalized spacial score (nSPS) is 16.5. The van der Waals surface area contributed by atoms with Crippen molar-refractivity contribution < 1.29 is 4.79 Å². The number of aromatic nitrogens is 5. The second kappa shape index (κ2) is 6.05. The zero-order chi connectivity index (χ0) is 18.4. The number of fused-ring (bicyclic) bond motifs is 3. The Morgan fingerprint density at radius 3 is 2.74 bits per heavy atom. The van der Waals surface area contributed by atoms with Crippen LogP contribution in [0, 0.1) is 0 Å². The van der Waals surface area contributed by atoms with Crippen LogP contribution in [0.4, 0.5) is 0 Å². The molecule has 2 aromatic heterocycles. The third-order valence-corrected chi connectivity index (χ3v) is 5.32. The summed E-state index contributed by atoms with van der Waals surface area (Å²) in [6.45, 7) is 2.80. The number of hydrogen-bond donors (Lipinski definition) is 1. The molecule has 27 heavy (non-hydrogen) atoms. The van der Waals surface area contributed by atoms with Gasteiger partial charge in [0.15, 0.2) is 0 Å². The van der Waals surface area contributed by atoms with Crippen LogP contribution >= 0.6 is 0 Å². The van der Waals surface area contributed by atoms with Crippen LogP contribution in [0.25, 0.3) is 16.6 Å². The number of H-pyrrole nitrogens is 1. The number of nitrogens with one attached hydrogen (secondary N) is 1. The van der Waals surface area contributed by atoms with Crippen molar-refractivity contribution in [1.29, 1.82) is 0 Å². The molecular formula is C20H18N6O. The SMILES string of the molecule is CC1c2[nH]c3ccccc3c2CCN1C(=O)c1ccc(-n2cnnn2)cc1. The summed E-state index contributed by atoms with van der Waals surface area (Å²) in [4.78, 5) is 18.5. The van der Waals surface area contributed by atoms with E-state index in [0.29, 0.717) is 12.1 Å². The molecule has 1 N–H and O–H groups in total. The molecule has 2 aromatic carbocycles. The molecule has 1 aliphatic rings. The summed E-state index contributed by atoms with van der Waals surface area (Å²) in [5, 5.41) is 12.4. The third-order valence-electron chi connectivity index (χ3n) is 5.32. The van der Waals surface area contributed by atoms with Crippen LogP contribution in [-0.4, -0.2) is 42.5 Å². The first-order chi connectivity index (χ1) is 13.2. The van der Waals surface area contributed by atoms with Gasteiger partial charge >= 0.3 is 0 Å². The van der Waals surface area contributed by atoms with E-state index < -0.39 is 0 Å². The molecule has 0 bridgehead atoms. The zero-order valence-electron chi connectivity index (χ0n) is 14.8. The topological polar surface area (TPSA) is 79.7 Å². The predicted molar refractivity (Wildman–Crippen MR) is 101 cm³/mol. The average Bonchev–Trinajstić information content (AvgIpc) is 3.36. The molecule has 134 valence electrons. The van der Waals surface area contributed by atoms with Gasteiger partial charge in [-0.3, -0.25) is 4.79 Å². The van der Waals surface area contributed by atoms with E-state index in [2.05, 4.69) is 45.6 Å². The lowest BCUT2D eigenvalue weighted by atomic mass is 9.97. The van der Waals surface area contributed by atoms with Crippen molar-refractivity contribution in [2.75, 3.05) is 6.54 Å². The maximum absolute atomic E-state index is 13.1. The molecule has 4 aromatic rings. The molecule has 0 saturated heterocycles. The smallest absolute Gasteiger partial charge is 0.254 e. The summed E-state index contributed by atoms with van der Waals surface area (Å²) in [7, 11) is 0. The molecule has 0 fully saturated rings. The lowest BCUT2D eigenvalue weighted by Crippen LogP contribution is -2.38. The van der Waals surface area contributed by atoms with Crippen molar-refractivity contribution in [2.24, 2.45) is 0 Å². The molecule has 3 heterocycles. The van der Waals surface area contributed by atoms with E-state index in [4.69, 9.17) is 0 Å². The highest BCUT2D eigenvalue weighted by Gasteiger charge is 2.30. The van der Waals surface area contributed by atoms with Gasteiger partial charge in [0.1, 0.15) is 6.33 Å². The zero-order valence-corrected chi connectivity index (χ0v) is 14.8. The van der Waals surface area contributed by atoms with Crippen LogP contribution in [0.15, 0.2) is 54.9 Å². The Morgan fingerprint density at radius 1 is 1.15 bits per heavy atom. The summed E-state index contributed by atoms with van der Waals surface area (Å²) in [5.41, 5.74) is 5.09. The molecule has 1 aliphatic heterocycles. The van der Waals surface area contributed by atoms with Gasteiger partial charge in [-0.2, -0.15) is 0 Å². The first-order valence-electron chi connectivity index (χ1n) is 8.96. The number of amides is 1. The second-order valence-corrected chi connectivity index (χ2v) is 6.79. The average molecular weight is 358 g/mol. The summed E-state index contributed by atoms with van der Waals surface area (Å²) in [6.07, 6.45) is 2.39. The molecule has 1 unspecified atom stereocenters. The summed E-state index contributed by atoms with van der Waals surface area (Å²) < 4.78 is 1.56. The lowest BCUT2D eigenvalue weighted by Gasteiger charge is -2.33. The van der Waals surface area contributed by atoms with E-state index in [9.17, 15) is 4.79 Å². The molecule has 5 rings (SSSR count). The number of carbonyl (C=O) groups is 1. The fourth-order valence-corrected chi connectivity index (χ4v) is 3.91. The molecule has 0 radical (unpaired) electrons. The molecule has 0 aliphatic carbocycles. The predicted octanol–water partition coefficient (Wildman–Crippen LogP) is 2.90. The quantitative estimate of drug-likeness (QED) is 0.597. The Hall–Kier alpha value is -3.48. The third kappa shape index (κ3) is 2.51. The molecule has 0 spiro atoms. The van der Waals surface area contributed by atoms with Crippen molar-refractivity contribution in [3.63, 3.8) is 0 Å². The second-order valence-electron chi connectivity index (χ2n) is 6.79. The largest absolute Gasteiger partial charge is 0.356 e. The first-order valence-corrected chi connectivity index (χ1v) is 8.96. The number of aromatic amines is 1. The minimum Gasteiger partial charge on any atom is -0.356 e. The number of hydrogen-bond acceptors (Lipinski definition) is 4. The van der Waals surface area contributed by atoms with Crippen molar-refractivity contribution in [3.8, 4) is 5.69 Å². The van der Waals surface area contributed by atoms with Gasteiger partial charge in [0, 0.05) is 28.7 Å². The van der Waals surface area contributed by atoms with Crippen LogP contribution in [0.5, 0.6) is 0 Å². The Kier molecular flexibility index (Phi) is 3.53. The maximum atomic E-state index is 13.1. The van der Waals surface area contributed by atoms with Crippen LogP contribution in [-0.2, 0) is 6.42 Å². The highest BCUT2D eigenvalue weighted by Crippen LogP contribution is 2.34. The minimum absolute atomic E-state index is 0.00726. The Balaban J connectivity index is 1.44. The van der Waals surface area contributed by atoms with E-state index in [0.717, 1.165) is 23.3 Å². The lowest BCUT2D eigenvalue weighted by molar-refractivity contribution is 0.0674. The van der Waals surface area contributed by atoms with E-state index in [-0.39, 0.29) is 11.9 Å². The van der Waals surface area contributed by atoms with Gasteiger partial charge in [0.2, 0.25) is 0 Å². The van der Waals surface area contributed by atoms with Gasteiger partial charge in [-0.25, -0.2) is 4.68 Å². The van der Waals surface area contributed by atoms with Crippen LogP contribution in [0.3, 0.4) is 0 Å². The van der Waals surface area contributed by atoms with Crippen LogP contribution in [0.2, 0.25) is 0 Å². The molecule has 7 heteroatoms. The van der Waals surface area contributed by atoms with Gasteiger partial charge in [-0.1, -0.05) is 18.2 Å². The molecular weight excluding hydrogens is 340 g/mol. The van der Waals surface area contributed by atoms with Gasteiger partial charge in [-0.15, -0.1) is 5.10 Å². The number of carbonyl (C=O) groups excluding carboxylic acids is 1. The highest BCUT2D eigenvalue weighted by atomic mass is 16.2. The van der Waals surface area contributed by atoms with Gasteiger partial charge in [-0.05, 0) is 59.7 Å². The first kappa shape index (κ1) is 15.7. The van der Waals surface area contributed by atoms with E-state index in [1.165, 1.54) is 17.3 Å². The molecule has 0 saturated carbocycles. The number of benzene rings is 2. The van der Waals surface area contributed by atoms with Crippen molar-refractivity contribution in [3.05, 3.63) is 71.7 Å². The molecule has 1 atom stereocenters. The molecule has 1 amide bonds. The number of tetrazole rings is 1. The van der Waals surface area contributed by atoms with Crippen molar-refractivity contribution in [1.82, 2.24) is 30.1 Å². The van der Waals surface area contributed by atoms with Crippen LogP contribution in [0.1, 0.15) is 34.6 Å². The van der Waals surface area contributed by atoms with Gasteiger partial charge in [0.25, 0.3) is 5.91 Å². The van der Waals surface area contributed by atoms with E-state index >= 15 is 0 Å². The summed E-state index contributed by atoms with van der Waals surface area (Å²) in [6, 6.07) is 15.7. The summed E-state index contributed by atoms with van der Waals surface area (Å²) in [5.74, 6) is 0.0371. The monoisotopic (exact) mass is 358 g/mol. The summed E-state index contributed by atoms with van der Waals surface area (Å²) >= 11 is 0. The fourth-order valence-electron chi connectivity index (χ4n) is 3.91. The standard InChI is InChI=1S/C20H18N6O/c1-13-19-17(16-4-2-3-5-18(16)22-19)10-11-25(13)20(27)14-6-8-15(9-7-14)26-12-21-23-24-26/h2-9,12-13,22H,10-11H2,1H3. The number of para-hydroxylation sites is 1. The minimum atomic E-state index is 0.00726. The van der Waals surface area contributed by atoms with Crippen LogP contribution < -0.4 is 0 Å². The fraction of sp³-hybridized carbons (Fsp3) is 0.200. The van der Waals surface area contributed by atoms with E-state index in [1.807, 2.05) is 35.2 Å². The maximum Gasteiger partial charge on any atom is 0.254 e. The Labute approximate surface area is 155 Å². The van der Waals surface area contributed by atoms with E-state index in [1.54, 1.807) is 4.68 Å². The Bertz CT molecular complexity index is 1110. The molecule has 7 nitrogen and oxygen atoms in total. The van der Waals surface area contributed by atoms with Crippen molar-refractivity contribution >= 4 is 16.8 Å². The van der Waals surface area contributed by atoms with Crippen molar-refractivity contribution in [2.45, 2.75) is 19.4 Å². The number of nitrogens with zero attached hydrogens (tertiary/aromatic N) is 5. The Morgan fingerprint density at radius 2 is 1.96 bits per heavy atom. The van der Waals surface area contributed by atoms with Gasteiger partial charge < -0.3 is 9.88 Å².